The first-order chi connectivity index (χ1) is 16.0. The van der Waals surface area contributed by atoms with Crippen molar-refractivity contribution in [3.63, 3.8) is 0 Å². The number of esters is 2. The Kier molecular flexibility index (Phi) is 9.14. The van der Waals surface area contributed by atoms with Gasteiger partial charge in [-0.3, -0.25) is 9.59 Å². The Morgan fingerprint density at radius 2 is 1.70 bits per heavy atom. The van der Waals surface area contributed by atoms with Crippen LogP contribution in [-0.4, -0.2) is 48.3 Å². The number of rotatable bonds is 9. The topological polar surface area (TPSA) is 120 Å². The smallest absolute Gasteiger partial charge is 0.303 e. The van der Waals surface area contributed by atoms with Gasteiger partial charge in [0.15, 0.2) is 6.10 Å². The second-order valence-corrected chi connectivity index (χ2v) is 8.48. The van der Waals surface area contributed by atoms with Gasteiger partial charge in [0.1, 0.15) is 30.3 Å². The second-order valence-electron chi connectivity index (χ2n) is 7.31. The van der Waals surface area contributed by atoms with Crippen molar-refractivity contribution < 1.29 is 28.5 Å². The third kappa shape index (κ3) is 7.23. The maximum atomic E-state index is 11.9. The number of ether oxygens (including phenoxy) is 4. The van der Waals surface area contributed by atoms with Crippen molar-refractivity contribution in [2.45, 2.75) is 55.1 Å². The number of benzene rings is 2. The fourth-order valence-corrected chi connectivity index (χ4v) is 4.56. The van der Waals surface area contributed by atoms with Gasteiger partial charge < -0.3 is 18.9 Å². The number of thioether (sulfide) groups is 1. The SMILES string of the molecule is CC(=O)OC[C@H]1O[C@H](Sc2ccccc2)[C@@H](N=[N+]=[N-])[C@@H](OCc2ccccc2)[C@@H]1OC(C)=O. The van der Waals surface area contributed by atoms with Crippen molar-refractivity contribution in [1.29, 1.82) is 0 Å². The molecule has 33 heavy (non-hydrogen) atoms. The fourth-order valence-electron chi connectivity index (χ4n) is 3.43. The zero-order valence-corrected chi connectivity index (χ0v) is 19.1. The summed E-state index contributed by atoms with van der Waals surface area (Å²) in [4.78, 5) is 27.2. The van der Waals surface area contributed by atoms with E-state index in [1.807, 2.05) is 60.7 Å². The van der Waals surface area contributed by atoms with Crippen molar-refractivity contribution in [2.75, 3.05) is 6.61 Å². The normalized spacial score (nSPS) is 24.4. The van der Waals surface area contributed by atoms with Gasteiger partial charge in [-0.1, -0.05) is 65.4 Å². The van der Waals surface area contributed by atoms with Crippen molar-refractivity contribution >= 4 is 23.7 Å². The van der Waals surface area contributed by atoms with Crippen molar-refractivity contribution in [2.24, 2.45) is 5.11 Å². The molecule has 10 heteroatoms. The van der Waals surface area contributed by atoms with E-state index in [-0.39, 0.29) is 13.2 Å². The van der Waals surface area contributed by atoms with E-state index in [1.54, 1.807) is 0 Å². The molecule has 1 heterocycles. The number of hydrogen-bond donors (Lipinski definition) is 0. The van der Waals surface area contributed by atoms with Gasteiger partial charge in [0.25, 0.3) is 0 Å². The van der Waals surface area contributed by atoms with Crippen LogP contribution in [0.2, 0.25) is 0 Å². The summed E-state index contributed by atoms with van der Waals surface area (Å²) in [6.45, 7) is 2.60. The van der Waals surface area contributed by atoms with Crippen LogP contribution >= 0.6 is 11.8 Å². The quantitative estimate of drug-likeness (QED) is 0.232. The third-order valence-corrected chi connectivity index (χ3v) is 6.00. The molecule has 174 valence electrons. The predicted octanol–water partition coefficient (Wildman–Crippen LogP) is 4.26. The van der Waals surface area contributed by atoms with E-state index in [0.717, 1.165) is 10.5 Å². The minimum absolute atomic E-state index is 0.146. The van der Waals surface area contributed by atoms with Gasteiger partial charge in [-0.2, -0.15) is 0 Å². The molecule has 1 fully saturated rings. The van der Waals surface area contributed by atoms with Crippen LogP contribution in [-0.2, 0) is 35.1 Å². The van der Waals surface area contributed by atoms with Gasteiger partial charge in [0, 0.05) is 23.7 Å². The highest BCUT2D eigenvalue weighted by Crippen LogP contribution is 2.37. The van der Waals surface area contributed by atoms with Crippen LogP contribution in [0.5, 0.6) is 0 Å². The molecule has 0 bridgehead atoms. The lowest BCUT2D eigenvalue weighted by molar-refractivity contribution is -0.209. The van der Waals surface area contributed by atoms with E-state index in [9.17, 15) is 15.1 Å². The lowest BCUT2D eigenvalue weighted by Gasteiger charge is -2.44. The van der Waals surface area contributed by atoms with E-state index in [0.29, 0.717) is 0 Å². The molecule has 3 rings (SSSR count). The Hall–Kier alpha value is -3.04. The zero-order chi connectivity index (χ0) is 23.6. The Morgan fingerprint density at radius 3 is 2.30 bits per heavy atom. The summed E-state index contributed by atoms with van der Waals surface area (Å²) < 4.78 is 23.1. The molecule has 0 aliphatic carbocycles. The number of carbonyl (C=O) groups excluding carboxylic acids is 2. The first-order valence-corrected chi connectivity index (χ1v) is 11.2. The molecule has 0 amide bonds. The molecule has 1 aliphatic rings. The minimum Gasteiger partial charge on any atom is -0.463 e. The number of nitrogens with zero attached hydrogens (tertiary/aromatic N) is 3. The molecule has 0 radical (unpaired) electrons. The number of hydrogen-bond acceptors (Lipinski definition) is 8. The maximum Gasteiger partial charge on any atom is 0.303 e. The van der Waals surface area contributed by atoms with Crippen LogP contribution in [0.3, 0.4) is 0 Å². The molecule has 2 aromatic carbocycles. The first-order valence-electron chi connectivity index (χ1n) is 10.4. The van der Waals surface area contributed by atoms with Crippen LogP contribution in [0.25, 0.3) is 10.4 Å². The molecule has 5 atom stereocenters. The van der Waals surface area contributed by atoms with E-state index < -0.39 is 41.7 Å². The van der Waals surface area contributed by atoms with Gasteiger partial charge >= 0.3 is 11.9 Å². The highest BCUT2D eigenvalue weighted by Gasteiger charge is 2.49. The van der Waals surface area contributed by atoms with Gasteiger partial charge in [0.2, 0.25) is 0 Å². The predicted molar refractivity (Wildman–Crippen MR) is 121 cm³/mol. The van der Waals surface area contributed by atoms with E-state index >= 15 is 0 Å². The largest absolute Gasteiger partial charge is 0.463 e. The van der Waals surface area contributed by atoms with Crippen LogP contribution in [0.4, 0.5) is 0 Å². The monoisotopic (exact) mass is 471 g/mol. The standard InChI is InChI=1S/C23H25N3O6S/c1-15(27)29-14-19-21(31-16(2)28)22(30-13-17-9-5-3-6-10-17)20(25-26-24)23(32-19)33-18-11-7-4-8-12-18/h3-12,19-23H,13-14H2,1-2H3/t19-,20+,21-,22-,23-/m1/s1. The van der Waals surface area contributed by atoms with Gasteiger partial charge in [-0.05, 0) is 23.2 Å². The van der Waals surface area contributed by atoms with Crippen molar-refractivity contribution in [3.05, 3.63) is 76.7 Å². The zero-order valence-electron chi connectivity index (χ0n) is 18.3. The minimum atomic E-state index is -0.950. The van der Waals surface area contributed by atoms with E-state index in [2.05, 4.69) is 10.0 Å². The Labute approximate surface area is 196 Å². The molecular weight excluding hydrogens is 446 g/mol. The Morgan fingerprint density at radius 1 is 1.03 bits per heavy atom. The van der Waals surface area contributed by atoms with E-state index in [1.165, 1.54) is 25.6 Å². The molecule has 2 aromatic rings. The van der Waals surface area contributed by atoms with Crippen LogP contribution in [0.15, 0.2) is 70.7 Å². The Balaban J connectivity index is 1.93. The van der Waals surface area contributed by atoms with Crippen LogP contribution in [0, 0.1) is 0 Å². The summed E-state index contributed by atoms with van der Waals surface area (Å²) >= 11 is 1.35. The summed E-state index contributed by atoms with van der Waals surface area (Å²) in [6, 6.07) is 18.1. The average Bonchev–Trinajstić information content (AvgIpc) is 2.80. The third-order valence-electron chi connectivity index (χ3n) is 4.83. The number of carbonyl (C=O) groups is 2. The lowest BCUT2D eigenvalue weighted by Crippen LogP contribution is -2.59. The van der Waals surface area contributed by atoms with Gasteiger partial charge in [-0.25, -0.2) is 0 Å². The summed E-state index contributed by atoms with van der Waals surface area (Å²) in [6.07, 6.45) is -2.60. The van der Waals surface area contributed by atoms with Crippen molar-refractivity contribution in [1.82, 2.24) is 0 Å². The van der Waals surface area contributed by atoms with Crippen molar-refractivity contribution in [3.8, 4) is 0 Å². The molecule has 0 unspecified atom stereocenters. The summed E-state index contributed by atoms with van der Waals surface area (Å²) in [5.41, 5.74) is 9.50. The molecule has 1 aliphatic heterocycles. The molecule has 9 nitrogen and oxygen atoms in total. The van der Waals surface area contributed by atoms with E-state index in [4.69, 9.17) is 18.9 Å². The van der Waals surface area contributed by atoms with Crippen LogP contribution in [0.1, 0.15) is 19.4 Å². The van der Waals surface area contributed by atoms with Gasteiger partial charge in [-0.15, -0.1) is 0 Å². The average molecular weight is 472 g/mol. The van der Waals surface area contributed by atoms with Gasteiger partial charge in [0.05, 0.1) is 6.61 Å². The molecule has 0 saturated carbocycles. The molecule has 0 aromatic heterocycles. The molecule has 1 saturated heterocycles. The van der Waals surface area contributed by atoms with Crippen LogP contribution < -0.4 is 0 Å². The summed E-state index contributed by atoms with van der Waals surface area (Å²) in [7, 11) is 0. The highest BCUT2D eigenvalue weighted by atomic mass is 32.2. The Bertz CT molecular complexity index is 971. The summed E-state index contributed by atoms with van der Waals surface area (Å²) in [5.74, 6) is -1.05. The fraction of sp³-hybridized carbons (Fsp3) is 0.391. The highest BCUT2D eigenvalue weighted by molar-refractivity contribution is 7.99. The lowest BCUT2D eigenvalue weighted by atomic mass is 9.98. The first kappa shape index (κ1) is 24.6. The maximum absolute atomic E-state index is 11.9. The number of azide groups is 1. The summed E-state index contributed by atoms with van der Waals surface area (Å²) in [5, 5.41) is 3.95. The molecule has 0 spiro atoms. The molecule has 0 N–H and O–H groups in total. The second kappa shape index (κ2) is 12.3. The molecular formula is C23H25N3O6S.